The lowest BCUT2D eigenvalue weighted by molar-refractivity contribution is 0.583. The first-order valence-electron chi connectivity index (χ1n) is 6.70. The van der Waals surface area contributed by atoms with Crippen molar-refractivity contribution in [2.45, 2.75) is 6.54 Å². The number of fused-ring (bicyclic) bond motifs is 1. The predicted molar refractivity (Wildman–Crippen MR) is 83.9 cm³/mol. The van der Waals surface area contributed by atoms with Crippen molar-refractivity contribution in [2.75, 3.05) is 0 Å². The molecule has 0 aromatic carbocycles. The van der Waals surface area contributed by atoms with Gasteiger partial charge in [-0.25, -0.2) is 4.98 Å². The van der Waals surface area contributed by atoms with Gasteiger partial charge in [0.1, 0.15) is 10.6 Å². The molecule has 4 heterocycles. The molecule has 0 amide bonds. The van der Waals surface area contributed by atoms with Gasteiger partial charge in [0.05, 0.1) is 30.7 Å². The summed E-state index contributed by atoms with van der Waals surface area (Å²) in [6.07, 6.45) is 6.82. The first-order valence-corrected chi connectivity index (χ1v) is 7.58. The van der Waals surface area contributed by atoms with Crippen molar-refractivity contribution < 1.29 is 4.42 Å². The highest BCUT2D eigenvalue weighted by Crippen LogP contribution is 2.30. The molecule has 4 aromatic heterocycles. The number of nitrogens with zero attached hydrogens (tertiary/aromatic N) is 4. The van der Waals surface area contributed by atoms with Gasteiger partial charge in [-0.05, 0) is 12.1 Å². The van der Waals surface area contributed by atoms with Crippen LogP contribution in [0.3, 0.4) is 0 Å². The summed E-state index contributed by atoms with van der Waals surface area (Å²) in [5.74, 6) is 0.685. The maximum absolute atomic E-state index is 12.8. The summed E-state index contributed by atoms with van der Waals surface area (Å²) in [5, 5.41) is 6.63. The van der Waals surface area contributed by atoms with Gasteiger partial charge in [0, 0.05) is 29.8 Å². The van der Waals surface area contributed by atoms with Crippen LogP contribution in [0.2, 0.25) is 0 Å². The molecule has 4 rings (SSSR count). The van der Waals surface area contributed by atoms with Gasteiger partial charge in [0.15, 0.2) is 0 Å². The molecule has 4 aromatic rings. The predicted octanol–water partition coefficient (Wildman–Crippen LogP) is 2.50. The fourth-order valence-corrected chi connectivity index (χ4v) is 3.33. The summed E-state index contributed by atoms with van der Waals surface area (Å²) in [5.41, 5.74) is 1.69. The molecule has 0 unspecified atom stereocenters. The van der Waals surface area contributed by atoms with Gasteiger partial charge in [0.25, 0.3) is 5.56 Å². The molecule has 0 N–H and O–H groups in total. The van der Waals surface area contributed by atoms with Crippen molar-refractivity contribution in [3.63, 3.8) is 0 Å². The molecule has 22 heavy (non-hydrogen) atoms. The van der Waals surface area contributed by atoms with Crippen molar-refractivity contribution in [1.82, 2.24) is 19.3 Å². The van der Waals surface area contributed by atoms with Crippen molar-refractivity contribution in [3.05, 3.63) is 58.4 Å². The largest absolute Gasteiger partial charge is 0.464 e. The highest BCUT2D eigenvalue weighted by molar-refractivity contribution is 7.17. The molecule has 0 bridgehead atoms. The Kier molecular flexibility index (Phi) is 2.93. The molecule has 0 atom stereocenters. The second kappa shape index (κ2) is 4.96. The molecule has 0 saturated heterocycles. The third-order valence-corrected chi connectivity index (χ3v) is 4.34. The van der Waals surface area contributed by atoms with E-state index in [-0.39, 0.29) is 5.56 Å². The van der Waals surface area contributed by atoms with Crippen LogP contribution < -0.4 is 5.56 Å². The van der Waals surface area contributed by atoms with Crippen LogP contribution in [0.5, 0.6) is 0 Å². The van der Waals surface area contributed by atoms with E-state index in [1.54, 1.807) is 28.0 Å². The Hall–Kier alpha value is -2.67. The minimum atomic E-state index is -0.0681. The first-order chi connectivity index (χ1) is 10.7. The highest BCUT2D eigenvalue weighted by atomic mass is 32.1. The Labute approximate surface area is 129 Å². The topological polar surface area (TPSA) is 65.8 Å². The Morgan fingerprint density at radius 2 is 2.32 bits per heavy atom. The maximum Gasteiger partial charge on any atom is 0.263 e. The van der Waals surface area contributed by atoms with Gasteiger partial charge in [-0.3, -0.25) is 14.0 Å². The number of thiophene rings is 1. The average Bonchev–Trinajstić information content (AvgIpc) is 3.22. The van der Waals surface area contributed by atoms with Crippen LogP contribution in [0.25, 0.3) is 21.5 Å². The van der Waals surface area contributed by atoms with Gasteiger partial charge in [-0.1, -0.05) is 0 Å². The standard InChI is InChI=1S/C15H12N4O2S/c1-18-6-10(5-17-18)7-19-9-16-14-13(15(19)20)11(8-22-14)12-3-2-4-21-12/h2-6,8-9H,7H2,1H3. The Bertz CT molecular complexity index is 994. The van der Waals surface area contributed by atoms with Crippen LogP contribution in [0.15, 0.2) is 51.7 Å². The normalized spacial score (nSPS) is 11.3. The molecule has 0 radical (unpaired) electrons. The molecule has 0 spiro atoms. The van der Waals surface area contributed by atoms with Gasteiger partial charge < -0.3 is 4.42 Å². The lowest BCUT2D eigenvalue weighted by Crippen LogP contribution is -2.20. The molecule has 0 saturated carbocycles. The molecule has 0 aliphatic heterocycles. The summed E-state index contributed by atoms with van der Waals surface area (Å²) in [7, 11) is 1.85. The third kappa shape index (κ3) is 2.06. The average molecular weight is 312 g/mol. The summed E-state index contributed by atoms with van der Waals surface area (Å²) in [6.45, 7) is 0.447. The molecular weight excluding hydrogens is 300 g/mol. The lowest BCUT2D eigenvalue weighted by atomic mass is 10.2. The molecule has 6 nitrogen and oxygen atoms in total. The van der Waals surface area contributed by atoms with Crippen LogP contribution >= 0.6 is 11.3 Å². The third-order valence-electron chi connectivity index (χ3n) is 3.46. The van der Waals surface area contributed by atoms with Crippen molar-refractivity contribution in [2.24, 2.45) is 7.05 Å². The van der Waals surface area contributed by atoms with Crippen molar-refractivity contribution in [1.29, 1.82) is 0 Å². The van der Waals surface area contributed by atoms with Crippen molar-refractivity contribution in [3.8, 4) is 11.3 Å². The summed E-state index contributed by atoms with van der Waals surface area (Å²) >= 11 is 1.44. The second-order valence-electron chi connectivity index (χ2n) is 5.01. The fraction of sp³-hybridized carbons (Fsp3) is 0.133. The zero-order valence-electron chi connectivity index (χ0n) is 11.8. The lowest BCUT2D eigenvalue weighted by Gasteiger charge is -2.03. The van der Waals surface area contributed by atoms with Crippen LogP contribution in [0.4, 0.5) is 0 Å². The molecule has 7 heteroatoms. The van der Waals surface area contributed by atoms with Gasteiger partial charge in [-0.15, -0.1) is 11.3 Å². The number of rotatable bonds is 3. The zero-order valence-corrected chi connectivity index (χ0v) is 12.6. The number of hydrogen-bond donors (Lipinski definition) is 0. The van der Waals surface area contributed by atoms with E-state index >= 15 is 0 Å². The summed E-state index contributed by atoms with van der Waals surface area (Å²) in [4.78, 5) is 17.9. The molecule has 0 fully saturated rings. The zero-order chi connectivity index (χ0) is 15.1. The first kappa shape index (κ1) is 13.0. The molecule has 0 aliphatic carbocycles. The van der Waals surface area contributed by atoms with Gasteiger partial charge in [-0.2, -0.15) is 5.10 Å². The number of aryl methyl sites for hydroxylation is 1. The fourth-order valence-electron chi connectivity index (χ4n) is 2.44. The number of hydrogen-bond acceptors (Lipinski definition) is 5. The van der Waals surface area contributed by atoms with Crippen molar-refractivity contribution >= 4 is 21.6 Å². The summed E-state index contributed by atoms with van der Waals surface area (Å²) in [6, 6.07) is 3.66. The Balaban J connectivity index is 1.86. The van der Waals surface area contributed by atoms with Gasteiger partial charge >= 0.3 is 0 Å². The van der Waals surface area contributed by atoms with E-state index in [2.05, 4.69) is 10.1 Å². The minimum Gasteiger partial charge on any atom is -0.464 e. The molecule has 0 aliphatic rings. The number of aromatic nitrogens is 4. The van der Waals surface area contributed by atoms with E-state index in [9.17, 15) is 4.79 Å². The highest BCUT2D eigenvalue weighted by Gasteiger charge is 2.15. The van der Waals surface area contributed by atoms with Crippen LogP contribution in [-0.2, 0) is 13.6 Å². The summed E-state index contributed by atoms with van der Waals surface area (Å²) < 4.78 is 8.73. The smallest absolute Gasteiger partial charge is 0.263 e. The van der Waals surface area contributed by atoms with E-state index < -0.39 is 0 Å². The van der Waals surface area contributed by atoms with Crippen LogP contribution in [0, 0.1) is 0 Å². The SMILES string of the molecule is Cn1cc(Cn2cnc3scc(-c4ccco4)c3c2=O)cn1. The van der Waals surface area contributed by atoms with E-state index in [1.807, 2.05) is 30.8 Å². The van der Waals surface area contributed by atoms with Crippen LogP contribution in [0.1, 0.15) is 5.56 Å². The van der Waals surface area contributed by atoms with E-state index in [0.29, 0.717) is 17.7 Å². The van der Waals surface area contributed by atoms with Gasteiger partial charge in [0.2, 0.25) is 0 Å². The number of furan rings is 1. The minimum absolute atomic E-state index is 0.0681. The maximum atomic E-state index is 12.8. The van der Waals surface area contributed by atoms with E-state index in [0.717, 1.165) is 16.0 Å². The van der Waals surface area contributed by atoms with Crippen LogP contribution in [-0.4, -0.2) is 19.3 Å². The molecule has 110 valence electrons. The molecular formula is C15H12N4O2S. The monoisotopic (exact) mass is 312 g/mol. The Morgan fingerprint density at radius 1 is 1.41 bits per heavy atom. The Morgan fingerprint density at radius 3 is 3.05 bits per heavy atom. The van der Waals surface area contributed by atoms with E-state index in [4.69, 9.17) is 4.42 Å². The second-order valence-corrected chi connectivity index (χ2v) is 5.86. The quantitative estimate of drug-likeness (QED) is 0.583. The van der Waals surface area contributed by atoms with E-state index in [1.165, 1.54) is 11.3 Å².